The molecule has 2 heterocycles. The number of carbonyl (C=O) groups is 1. The Balaban J connectivity index is 1.93. The third-order valence-electron chi connectivity index (χ3n) is 4.97. The molecule has 2 aromatic heterocycles. The standard InChI is InChI=1S/C23H18FN3O3/c1-13-8-9-16(11-14(13)2)26-22(29)19-20(28)18-7-4-10-25-21(18)27(23(19)30)17-6-3-5-15(24)12-17/h3-12,28H,1-2H3,(H,26,29). The molecule has 0 spiro atoms. The molecule has 0 aliphatic heterocycles. The molecule has 0 atom stereocenters. The van der Waals surface area contributed by atoms with Gasteiger partial charge in [-0.1, -0.05) is 12.1 Å². The zero-order valence-corrected chi connectivity index (χ0v) is 16.3. The van der Waals surface area contributed by atoms with Crippen LogP contribution in [0.4, 0.5) is 10.1 Å². The predicted octanol–water partition coefficient (Wildman–Crippen LogP) is 4.10. The van der Waals surface area contributed by atoms with Gasteiger partial charge in [0.2, 0.25) is 0 Å². The van der Waals surface area contributed by atoms with E-state index in [4.69, 9.17) is 0 Å². The van der Waals surface area contributed by atoms with E-state index in [0.29, 0.717) is 5.69 Å². The van der Waals surface area contributed by atoms with Gasteiger partial charge < -0.3 is 10.4 Å². The molecule has 4 rings (SSSR count). The fraction of sp³-hybridized carbons (Fsp3) is 0.0870. The number of aromatic hydroxyl groups is 1. The number of rotatable bonds is 3. The molecule has 0 unspecified atom stereocenters. The first-order valence-electron chi connectivity index (χ1n) is 9.24. The lowest BCUT2D eigenvalue weighted by molar-refractivity contribution is 0.102. The smallest absolute Gasteiger partial charge is 0.273 e. The Morgan fingerprint density at radius 3 is 2.60 bits per heavy atom. The van der Waals surface area contributed by atoms with E-state index in [1.807, 2.05) is 19.9 Å². The van der Waals surface area contributed by atoms with Crippen molar-refractivity contribution in [3.8, 4) is 11.4 Å². The largest absolute Gasteiger partial charge is 0.506 e. The quantitative estimate of drug-likeness (QED) is 0.539. The van der Waals surface area contributed by atoms with Crippen LogP contribution in [-0.4, -0.2) is 20.6 Å². The first kappa shape index (κ1) is 19.3. The van der Waals surface area contributed by atoms with Crippen molar-refractivity contribution >= 4 is 22.6 Å². The maximum Gasteiger partial charge on any atom is 0.273 e. The second kappa shape index (κ2) is 7.44. The van der Waals surface area contributed by atoms with E-state index in [-0.39, 0.29) is 16.7 Å². The van der Waals surface area contributed by atoms with Crippen LogP contribution in [0.3, 0.4) is 0 Å². The average Bonchev–Trinajstić information content (AvgIpc) is 2.71. The molecule has 0 bridgehead atoms. The van der Waals surface area contributed by atoms with Crippen molar-refractivity contribution in [1.82, 2.24) is 9.55 Å². The van der Waals surface area contributed by atoms with Crippen molar-refractivity contribution in [3.63, 3.8) is 0 Å². The molecule has 0 fully saturated rings. The van der Waals surface area contributed by atoms with E-state index >= 15 is 0 Å². The number of carbonyl (C=O) groups excluding carboxylic acids is 1. The van der Waals surface area contributed by atoms with E-state index < -0.39 is 28.6 Å². The average molecular weight is 403 g/mol. The second-order valence-electron chi connectivity index (χ2n) is 6.97. The molecule has 150 valence electrons. The molecular weight excluding hydrogens is 385 g/mol. The van der Waals surface area contributed by atoms with Crippen molar-refractivity contribution in [3.05, 3.63) is 93.7 Å². The zero-order chi connectivity index (χ0) is 21.4. The molecule has 30 heavy (non-hydrogen) atoms. The van der Waals surface area contributed by atoms with Crippen molar-refractivity contribution in [2.45, 2.75) is 13.8 Å². The van der Waals surface area contributed by atoms with Gasteiger partial charge >= 0.3 is 0 Å². The van der Waals surface area contributed by atoms with Crippen LogP contribution < -0.4 is 10.9 Å². The van der Waals surface area contributed by atoms with Crippen LogP contribution in [0.2, 0.25) is 0 Å². The highest BCUT2D eigenvalue weighted by atomic mass is 19.1. The van der Waals surface area contributed by atoms with E-state index in [9.17, 15) is 19.1 Å². The summed E-state index contributed by atoms with van der Waals surface area (Å²) in [5, 5.41) is 13.6. The summed E-state index contributed by atoms with van der Waals surface area (Å²) < 4.78 is 14.9. The molecule has 0 aliphatic carbocycles. The lowest BCUT2D eigenvalue weighted by Crippen LogP contribution is -2.29. The van der Waals surface area contributed by atoms with Crippen LogP contribution in [0, 0.1) is 19.7 Å². The monoisotopic (exact) mass is 403 g/mol. The maximum atomic E-state index is 13.8. The molecular formula is C23H18FN3O3. The molecule has 1 amide bonds. The minimum absolute atomic E-state index is 0.119. The van der Waals surface area contributed by atoms with Gasteiger partial charge in [-0.05, 0) is 67.4 Å². The molecule has 0 saturated heterocycles. The molecule has 4 aromatic rings. The molecule has 0 aliphatic rings. The number of amides is 1. The van der Waals surface area contributed by atoms with Gasteiger partial charge in [-0.15, -0.1) is 0 Å². The first-order valence-corrected chi connectivity index (χ1v) is 9.24. The fourth-order valence-corrected chi connectivity index (χ4v) is 3.28. The fourth-order valence-electron chi connectivity index (χ4n) is 3.28. The molecule has 0 radical (unpaired) electrons. The van der Waals surface area contributed by atoms with Gasteiger partial charge in [0.25, 0.3) is 11.5 Å². The third kappa shape index (κ3) is 3.30. The summed E-state index contributed by atoms with van der Waals surface area (Å²) in [5.74, 6) is -1.79. The number of fused-ring (bicyclic) bond motifs is 1. The van der Waals surface area contributed by atoms with Crippen LogP contribution in [0.5, 0.6) is 5.75 Å². The van der Waals surface area contributed by atoms with E-state index in [0.717, 1.165) is 21.8 Å². The molecule has 6 nitrogen and oxygen atoms in total. The highest BCUT2D eigenvalue weighted by Gasteiger charge is 2.24. The van der Waals surface area contributed by atoms with Gasteiger partial charge in [0.1, 0.15) is 17.1 Å². The summed E-state index contributed by atoms with van der Waals surface area (Å²) in [6.07, 6.45) is 1.45. The van der Waals surface area contributed by atoms with Gasteiger partial charge in [0, 0.05) is 11.9 Å². The summed E-state index contributed by atoms with van der Waals surface area (Å²) in [7, 11) is 0. The minimum Gasteiger partial charge on any atom is -0.506 e. The van der Waals surface area contributed by atoms with Crippen LogP contribution in [0.15, 0.2) is 65.6 Å². The third-order valence-corrected chi connectivity index (χ3v) is 4.97. The number of hydrogen-bond acceptors (Lipinski definition) is 4. The summed E-state index contributed by atoms with van der Waals surface area (Å²) in [6, 6.07) is 13.8. The molecule has 7 heteroatoms. The molecule has 2 aromatic carbocycles. The highest BCUT2D eigenvalue weighted by molar-refractivity contribution is 6.09. The van der Waals surface area contributed by atoms with Crippen LogP contribution in [0.1, 0.15) is 21.5 Å². The van der Waals surface area contributed by atoms with Gasteiger partial charge in [0.15, 0.2) is 5.65 Å². The number of hydrogen-bond donors (Lipinski definition) is 2. The Bertz CT molecular complexity index is 1360. The maximum absolute atomic E-state index is 13.8. The summed E-state index contributed by atoms with van der Waals surface area (Å²) in [4.78, 5) is 30.4. The number of halogens is 1. The van der Waals surface area contributed by atoms with Gasteiger partial charge in [-0.2, -0.15) is 0 Å². The number of anilines is 1. The van der Waals surface area contributed by atoms with Gasteiger partial charge in [-0.25, -0.2) is 9.37 Å². The van der Waals surface area contributed by atoms with E-state index in [2.05, 4.69) is 10.3 Å². The van der Waals surface area contributed by atoms with E-state index in [1.165, 1.54) is 24.4 Å². The topological polar surface area (TPSA) is 84.2 Å². The number of aromatic nitrogens is 2. The lowest BCUT2D eigenvalue weighted by atomic mass is 10.1. The van der Waals surface area contributed by atoms with Crippen molar-refractivity contribution in [1.29, 1.82) is 0 Å². The normalized spacial score (nSPS) is 10.9. The van der Waals surface area contributed by atoms with Crippen LogP contribution in [-0.2, 0) is 0 Å². The van der Waals surface area contributed by atoms with Crippen molar-refractivity contribution < 1.29 is 14.3 Å². The molecule has 2 N–H and O–H groups in total. The Morgan fingerprint density at radius 1 is 1.07 bits per heavy atom. The second-order valence-corrected chi connectivity index (χ2v) is 6.97. The highest BCUT2D eigenvalue weighted by Crippen LogP contribution is 2.27. The van der Waals surface area contributed by atoms with E-state index in [1.54, 1.807) is 24.3 Å². The van der Waals surface area contributed by atoms with Crippen LogP contribution in [0.25, 0.3) is 16.7 Å². The van der Waals surface area contributed by atoms with Crippen molar-refractivity contribution in [2.24, 2.45) is 0 Å². The van der Waals surface area contributed by atoms with Crippen molar-refractivity contribution in [2.75, 3.05) is 5.32 Å². The summed E-state index contributed by atoms with van der Waals surface area (Å²) in [5.41, 5.74) is 1.59. The Morgan fingerprint density at radius 2 is 1.87 bits per heavy atom. The number of aryl methyl sites for hydroxylation is 2. The zero-order valence-electron chi connectivity index (χ0n) is 16.3. The number of nitrogens with one attached hydrogen (secondary N) is 1. The van der Waals surface area contributed by atoms with Gasteiger partial charge in [-0.3, -0.25) is 14.2 Å². The Kier molecular flexibility index (Phi) is 4.79. The van der Waals surface area contributed by atoms with Crippen LogP contribution >= 0.6 is 0 Å². The SMILES string of the molecule is Cc1ccc(NC(=O)c2c(O)c3cccnc3n(-c3cccc(F)c3)c2=O)cc1C. The van der Waals surface area contributed by atoms with Gasteiger partial charge in [0.05, 0.1) is 11.1 Å². The molecule has 0 saturated carbocycles. The number of pyridine rings is 2. The first-order chi connectivity index (χ1) is 14.4. The number of nitrogens with zero attached hydrogens (tertiary/aromatic N) is 2. The summed E-state index contributed by atoms with van der Waals surface area (Å²) in [6.45, 7) is 3.85. The lowest BCUT2D eigenvalue weighted by Gasteiger charge is -2.14. The minimum atomic E-state index is -0.800. The Labute approximate surface area is 171 Å². The predicted molar refractivity (Wildman–Crippen MR) is 113 cm³/mol. The Hall–Kier alpha value is -4.00. The number of benzene rings is 2. The summed E-state index contributed by atoms with van der Waals surface area (Å²) >= 11 is 0.